The summed E-state index contributed by atoms with van der Waals surface area (Å²) in [6.07, 6.45) is -2.95. The molecule has 2 aromatic heterocycles. The van der Waals surface area contributed by atoms with Crippen LogP contribution in [0.2, 0.25) is 0 Å². The third-order valence-corrected chi connectivity index (χ3v) is 2.79. The van der Waals surface area contributed by atoms with Gasteiger partial charge in [-0.3, -0.25) is 0 Å². The van der Waals surface area contributed by atoms with E-state index < -0.39 is 11.7 Å². The minimum Gasteiger partial charge on any atom is -0.343 e. The van der Waals surface area contributed by atoms with Crippen molar-refractivity contribution in [2.24, 2.45) is 0 Å². The van der Waals surface area contributed by atoms with Crippen LogP contribution in [0.25, 0.3) is 22.4 Å². The normalized spacial score (nSPS) is 11.3. The Morgan fingerprint density at radius 3 is 2.50 bits per heavy atom. The van der Waals surface area contributed by atoms with Gasteiger partial charge in [-0.25, -0.2) is 9.97 Å². The van der Waals surface area contributed by atoms with Gasteiger partial charge in [0.2, 0.25) is 0 Å². The maximum atomic E-state index is 12.9. The van der Waals surface area contributed by atoms with Crippen LogP contribution in [-0.2, 0) is 6.18 Å². The molecule has 0 saturated carbocycles. The molecule has 0 spiro atoms. The zero-order chi connectivity index (χ0) is 13.5. The van der Waals surface area contributed by atoms with E-state index in [9.17, 15) is 13.2 Å². The number of nitrogens with one attached hydrogen (secondary N) is 1. The molecule has 0 aliphatic heterocycles. The average molecular weight is 300 g/mol. The van der Waals surface area contributed by atoms with Crippen LogP contribution >= 0.6 is 12.4 Å². The predicted octanol–water partition coefficient (Wildman–Crippen LogP) is 4.07. The molecule has 7 heteroatoms. The summed E-state index contributed by atoms with van der Waals surface area (Å²) in [5.41, 5.74) is 0.701. The van der Waals surface area contributed by atoms with E-state index in [-0.39, 0.29) is 23.7 Å². The number of imidazole rings is 1. The molecule has 0 atom stereocenters. The second-order valence-electron chi connectivity index (χ2n) is 4.01. The number of rotatable bonds is 1. The van der Waals surface area contributed by atoms with Crippen LogP contribution in [0.3, 0.4) is 0 Å². The lowest BCUT2D eigenvalue weighted by atomic mass is 10.0. The number of H-pyrrole nitrogens is 1. The molecular weight excluding hydrogens is 291 g/mol. The molecule has 0 amide bonds. The minimum atomic E-state index is -4.40. The van der Waals surface area contributed by atoms with Crippen LogP contribution in [0.4, 0.5) is 13.2 Å². The largest absolute Gasteiger partial charge is 0.417 e. The first-order chi connectivity index (χ1) is 9.05. The monoisotopic (exact) mass is 299 g/mol. The summed E-state index contributed by atoms with van der Waals surface area (Å²) in [6.45, 7) is 0. The molecule has 3 aromatic rings. The van der Waals surface area contributed by atoms with Crippen molar-refractivity contribution in [2.45, 2.75) is 6.18 Å². The fraction of sp³-hybridized carbons (Fsp3) is 0.0769. The van der Waals surface area contributed by atoms with Crippen molar-refractivity contribution in [3.05, 3.63) is 48.3 Å². The summed E-state index contributed by atoms with van der Waals surface area (Å²) in [5, 5.41) is 0. The van der Waals surface area contributed by atoms with Crippen molar-refractivity contribution in [1.82, 2.24) is 15.0 Å². The van der Waals surface area contributed by atoms with Crippen molar-refractivity contribution in [2.75, 3.05) is 0 Å². The van der Waals surface area contributed by atoms with E-state index in [0.29, 0.717) is 11.2 Å². The first kappa shape index (κ1) is 14.3. The van der Waals surface area contributed by atoms with Gasteiger partial charge < -0.3 is 4.98 Å². The van der Waals surface area contributed by atoms with E-state index in [0.717, 1.165) is 6.07 Å². The van der Waals surface area contributed by atoms with Gasteiger partial charge in [-0.2, -0.15) is 13.2 Å². The maximum absolute atomic E-state index is 12.9. The molecule has 2 heterocycles. The van der Waals surface area contributed by atoms with E-state index in [1.807, 2.05) is 0 Å². The molecule has 3 rings (SSSR count). The smallest absolute Gasteiger partial charge is 0.343 e. The number of aromatic amines is 1. The number of fused-ring (bicyclic) bond motifs is 1. The van der Waals surface area contributed by atoms with Gasteiger partial charge in [0.15, 0.2) is 5.65 Å². The van der Waals surface area contributed by atoms with Crippen molar-refractivity contribution in [3.8, 4) is 11.3 Å². The second-order valence-corrected chi connectivity index (χ2v) is 4.01. The maximum Gasteiger partial charge on any atom is 0.417 e. The van der Waals surface area contributed by atoms with Crippen molar-refractivity contribution in [1.29, 1.82) is 0 Å². The van der Waals surface area contributed by atoms with Crippen LogP contribution in [-0.4, -0.2) is 15.0 Å². The van der Waals surface area contributed by atoms with Crippen molar-refractivity contribution < 1.29 is 13.2 Å². The molecule has 0 saturated heterocycles. The van der Waals surface area contributed by atoms with Crippen LogP contribution in [0.1, 0.15) is 5.56 Å². The Hall–Kier alpha value is -2.08. The summed E-state index contributed by atoms with van der Waals surface area (Å²) in [4.78, 5) is 10.9. The summed E-state index contributed by atoms with van der Waals surface area (Å²) in [7, 11) is 0. The Kier molecular flexibility index (Phi) is 3.67. The highest BCUT2D eigenvalue weighted by Crippen LogP contribution is 2.36. The molecule has 0 unspecified atom stereocenters. The summed E-state index contributed by atoms with van der Waals surface area (Å²) >= 11 is 0. The number of pyridine rings is 1. The Labute approximate surface area is 118 Å². The van der Waals surface area contributed by atoms with Gasteiger partial charge in [-0.05, 0) is 18.2 Å². The Morgan fingerprint density at radius 2 is 1.75 bits per heavy atom. The van der Waals surface area contributed by atoms with Gasteiger partial charge in [0.1, 0.15) is 0 Å². The summed E-state index contributed by atoms with van der Waals surface area (Å²) in [6, 6.07) is 8.58. The SMILES string of the molecule is Cl.FC(F)(F)c1ccccc1-c1ccc2[nH]cnc2n1. The van der Waals surface area contributed by atoms with Gasteiger partial charge in [0.05, 0.1) is 23.1 Å². The zero-order valence-electron chi connectivity index (χ0n) is 9.98. The minimum absolute atomic E-state index is 0. The molecule has 1 aromatic carbocycles. The molecule has 20 heavy (non-hydrogen) atoms. The highest BCUT2D eigenvalue weighted by molar-refractivity contribution is 5.85. The van der Waals surface area contributed by atoms with E-state index in [2.05, 4.69) is 15.0 Å². The van der Waals surface area contributed by atoms with Crippen LogP contribution in [0.15, 0.2) is 42.7 Å². The molecule has 0 aliphatic carbocycles. The van der Waals surface area contributed by atoms with Gasteiger partial charge in [0, 0.05) is 5.56 Å². The van der Waals surface area contributed by atoms with E-state index in [1.54, 1.807) is 18.2 Å². The third kappa shape index (κ3) is 2.46. The second kappa shape index (κ2) is 5.13. The first-order valence-electron chi connectivity index (χ1n) is 5.52. The van der Waals surface area contributed by atoms with E-state index in [4.69, 9.17) is 0 Å². The highest BCUT2D eigenvalue weighted by atomic mass is 35.5. The van der Waals surface area contributed by atoms with E-state index in [1.165, 1.54) is 18.5 Å². The molecule has 0 aliphatic rings. The molecule has 0 bridgehead atoms. The Morgan fingerprint density at radius 1 is 1.00 bits per heavy atom. The van der Waals surface area contributed by atoms with Gasteiger partial charge in [-0.1, -0.05) is 18.2 Å². The number of nitrogens with zero attached hydrogens (tertiary/aromatic N) is 2. The fourth-order valence-corrected chi connectivity index (χ4v) is 1.93. The average Bonchev–Trinajstić information content (AvgIpc) is 2.85. The first-order valence-corrected chi connectivity index (χ1v) is 5.52. The molecule has 0 fully saturated rings. The number of alkyl halides is 3. The molecule has 0 radical (unpaired) electrons. The quantitative estimate of drug-likeness (QED) is 0.736. The van der Waals surface area contributed by atoms with E-state index >= 15 is 0 Å². The number of hydrogen-bond donors (Lipinski definition) is 1. The lowest BCUT2D eigenvalue weighted by Crippen LogP contribution is -2.07. The van der Waals surface area contributed by atoms with Crippen LogP contribution in [0, 0.1) is 0 Å². The predicted molar refractivity (Wildman–Crippen MR) is 71.6 cm³/mol. The Bertz CT molecular complexity index is 737. The highest BCUT2D eigenvalue weighted by Gasteiger charge is 2.33. The fourth-order valence-electron chi connectivity index (χ4n) is 1.93. The number of hydrogen-bond acceptors (Lipinski definition) is 2. The third-order valence-electron chi connectivity index (χ3n) is 2.79. The van der Waals surface area contributed by atoms with Gasteiger partial charge in [-0.15, -0.1) is 12.4 Å². The topological polar surface area (TPSA) is 41.6 Å². The van der Waals surface area contributed by atoms with Gasteiger partial charge in [0.25, 0.3) is 0 Å². The van der Waals surface area contributed by atoms with Gasteiger partial charge >= 0.3 is 6.18 Å². The number of aromatic nitrogens is 3. The molecule has 104 valence electrons. The van der Waals surface area contributed by atoms with Crippen molar-refractivity contribution in [3.63, 3.8) is 0 Å². The van der Waals surface area contributed by atoms with Crippen LogP contribution in [0.5, 0.6) is 0 Å². The van der Waals surface area contributed by atoms with Crippen LogP contribution < -0.4 is 0 Å². The Balaban J connectivity index is 0.00000147. The standard InChI is InChI=1S/C13H8F3N3.ClH/c14-13(15,16)9-4-2-1-3-8(9)10-5-6-11-12(19-10)18-7-17-11;/h1-7H,(H,17,18,19);1H. The molecule has 3 nitrogen and oxygen atoms in total. The summed E-state index contributed by atoms with van der Waals surface area (Å²) in [5.74, 6) is 0. The molecule has 1 N–H and O–H groups in total. The zero-order valence-corrected chi connectivity index (χ0v) is 10.8. The lowest BCUT2D eigenvalue weighted by Gasteiger charge is -2.11. The summed E-state index contributed by atoms with van der Waals surface area (Å²) < 4.78 is 38.8. The lowest BCUT2D eigenvalue weighted by molar-refractivity contribution is -0.137. The number of halogens is 4. The number of benzene rings is 1. The molecular formula is C13H9ClF3N3. The van der Waals surface area contributed by atoms with Crippen molar-refractivity contribution >= 4 is 23.6 Å².